The minimum Gasteiger partial charge on any atom is -0.362 e. The van der Waals surface area contributed by atoms with Gasteiger partial charge in [0.2, 0.25) is 5.27 Å². The van der Waals surface area contributed by atoms with E-state index in [2.05, 4.69) is 5.27 Å². The number of nitrogens with two attached hydrogens (primary N) is 1. The van der Waals surface area contributed by atoms with Crippen molar-refractivity contribution >= 4 is 17.6 Å². The highest BCUT2D eigenvalue weighted by atomic mass is 32.2. The van der Waals surface area contributed by atoms with Crippen molar-refractivity contribution in [3.8, 4) is 0 Å². The summed E-state index contributed by atoms with van der Waals surface area (Å²) in [6, 6.07) is 0.493. The van der Waals surface area contributed by atoms with E-state index in [-0.39, 0.29) is 0 Å². The standard InChI is InChI=1S/C7H12N3OS/c8-7-5-10(9-11-7)6-1-3-12-4-2-6/h5-6H,1-4,8H2/q+1. The summed E-state index contributed by atoms with van der Waals surface area (Å²) in [4.78, 5) is 0. The fourth-order valence-electron chi connectivity index (χ4n) is 1.39. The van der Waals surface area contributed by atoms with E-state index in [4.69, 9.17) is 10.3 Å². The summed E-state index contributed by atoms with van der Waals surface area (Å²) in [6.07, 6.45) is 4.10. The van der Waals surface area contributed by atoms with Gasteiger partial charge < -0.3 is 5.73 Å². The fourth-order valence-corrected chi connectivity index (χ4v) is 2.48. The maximum Gasteiger partial charge on any atom is 0.293 e. The molecule has 1 saturated heterocycles. The molecule has 1 aromatic rings. The van der Waals surface area contributed by atoms with Crippen molar-refractivity contribution in [3.05, 3.63) is 6.20 Å². The van der Waals surface area contributed by atoms with Crippen LogP contribution in [0.1, 0.15) is 18.9 Å². The summed E-state index contributed by atoms with van der Waals surface area (Å²) >= 11 is 2.00. The van der Waals surface area contributed by atoms with Gasteiger partial charge in [0.1, 0.15) is 0 Å². The van der Waals surface area contributed by atoms with Crippen molar-refractivity contribution in [2.24, 2.45) is 0 Å². The van der Waals surface area contributed by atoms with Crippen molar-refractivity contribution < 1.29 is 9.20 Å². The quantitative estimate of drug-likeness (QED) is 0.653. The first-order chi connectivity index (χ1) is 5.86. The molecule has 2 N–H and O–H groups in total. The molecule has 5 heteroatoms. The van der Waals surface area contributed by atoms with E-state index in [0.29, 0.717) is 11.9 Å². The highest BCUT2D eigenvalue weighted by Crippen LogP contribution is 2.22. The second-order valence-electron chi connectivity index (χ2n) is 2.93. The van der Waals surface area contributed by atoms with Crippen LogP contribution in [0.25, 0.3) is 0 Å². The van der Waals surface area contributed by atoms with Crippen LogP contribution in [0.3, 0.4) is 0 Å². The lowest BCUT2D eigenvalue weighted by molar-refractivity contribution is -0.785. The molecular weight excluding hydrogens is 174 g/mol. The molecule has 4 nitrogen and oxygen atoms in total. The molecule has 1 aliphatic rings. The third-order valence-electron chi connectivity index (χ3n) is 2.06. The minimum atomic E-state index is 0.397. The van der Waals surface area contributed by atoms with Gasteiger partial charge in [0.05, 0.1) is 0 Å². The number of rotatable bonds is 1. The monoisotopic (exact) mass is 186 g/mol. The Labute approximate surface area is 75.1 Å². The summed E-state index contributed by atoms with van der Waals surface area (Å²) in [5.74, 6) is 2.82. The third-order valence-corrected chi connectivity index (χ3v) is 3.11. The van der Waals surface area contributed by atoms with Gasteiger partial charge in [0, 0.05) is 12.8 Å². The molecule has 1 aromatic heterocycles. The van der Waals surface area contributed by atoms with Gasteiger partial charge >= 0.3 is 0 Å². The van der Waals surface area contributed by atoms with E-state index in [1.807, 2.05) is 16.4 Å². The number of anilines is 1. The van der Waals surface area contributed by atoms with Crippen molar-refractivity contribution in [2.75, 3.05) is 17.2 Å². The van der Waals surface area contributed by atoms with Crippen LogP contribution in [0.4, 0.5) is 5.88 Å². The van der Waals surface area contributed by atoms with Crippen LogP contribution in [0.2, 0.25) is 0 Å². The summed E-state index contributed by atoms with van der Waals surface area (Å²) in [6.45, 7) is 0. The molecule has 0 unspecified atom stereocenters. The molecule has 0 spiro atoms. The molecule has 0 amide bonds. The second-order valence-corrected chi connectivity index (χ2v) is 4.15. The number of hydrogen-bond donors (Lipinski definition) is 1. The summed E-state index contributed by atoms with van der Waals surface area (Å²) in [5, 5.41) is 3.85. The lowest BCUT2D eigenvalue weighted by Crippen LogP contribution is -2.42. The zero-order valence-corrected chi connectivity index (χ0v) is 7.59. The summed E-state index contributed by atoms with van der Waals surface area (Å²) in [5.41, 5.74) is 5.43. The predicted octanol–water partition coefficient (Wildman–Crippen LogP) is 0.612. The second kappa shape index (κ2) is 3.35. The number of nitrogens with zero attached hydrogens (tertiary/aromatic N) is 2. The van der Waals surface area contributed by atoms with E-state index in [1.165, 1.54) is 24.3 Å². The van der Waals surface area contributed by atoms with E-state index in [1.54, 1.807) is 6.20 Å². The van der Waals surface area contributed by atoms with Crippen molar-refractivity contribution in [1.29, 1.82) is 0 Å². The smallest absolute Gasteiger partial charge is 0.293 e. The van der Waals surface area contributed by atoms with Crippen LogP contribution in [0, 0.1) is 0 Å². The normalized spacial score (nSPS) is 19.7. The van der Waals surface area contributed by atoms with Crippen LogP contribution in [-0.2, 0) is 0 Å². The Kier molecular flexibility index (Phi) is 2.21. The molecule has 0 aliphatic carbocycles. The Hall–Kier alpha value is -0.710. The van der Waals surface area contributed by atoms with Gasteiger partial charge in [-0.15, -0.1) is 0 Å². The van der Waals surface area contributed by atoms with Crippen LogP contribution in [0.15, 0.2) is 10.7 Å². The van der Waals surface area contributed by atoms with E-state index in [9.17, 15) is 0 Å². The molecular formula is C7H12N3OS+. The molecule has 0 bridgehead atoms. The van der Waals surface area contributed by atoms with Gasteiger partial charge in [-0.3, -0.25) is 4.52 Å². The molecule has 0 saturated carbocycles. The van der Waals surface area contributed by atoms with E-state index in [0.717, 1.165) is 0 Å². The van der Waals surface area contributed by atoms with Crippen LogP contribution < -0.4 is 10.4 Å². The van der Waals surface area contributed by atoms with Crippen LogP contribution in [-0.4, -0.2) is 16.8 Å². The highest BCUT2D eigenvalue weighted by molar-refractivity contribution is 7.99. The Bertz CT molecular complexity index is 257. The largest absolute Gasteiger partial charge is 0.362 e. The highest BCUT2D eigenvalue weighted by Gasteiger charge is 2.25. The average Bonchev–Trinajstić information content (AvgIpc) is 2.54. The molecule has 66 valence electrons. The maximum absolute atomic E-state index is 5.43. The van der Waals surface area contributed by atoms with E-state index >= 15 is 0 Å². The minimum absolute atomic E-state index is 0.397. The first kappa shape index (κ1) is 7.91. The lowest BCUT2D eigenvalue weighted by atomic mass is 10.2. The number of nitrogen functional groups attached to an aromatic ring is 1. The van der Waals surface area contributed by atoms with Gasteiger partial charge in [-0.25, -0.2) is 0 Å². The van der Waals surface area contributed by atoms with Crippen molar-refractivity contribution in [3.63, 3.8) is 0 Å². The molecule has 2 heterocycles. The number of hydrogen-bond acceptors (Lipinski definition) is 4. The maximum atomic E-state index is 5.43. The molecule has 0 radical (unpaired) electrons. The van der Waals surface area contributed by atoms with E-state index < -0.39 is 0 Å². The molecule has 12 heavy (non-hydrogen) atoms. The molecule has 2 rings (SSSR count). The van der Waals surface area contributed by atoms with Crippen molar-refractivity contribution in [1.82, 2.24) is 5.27 Å². The Balaban J connectivity index is 2.08. The van der Waals surface area contributed by atoms with Gasteiger partial charge in [-0.05, 0) is 16.2 Å². The number of thioether (sulfide) groups is 1. The predicted molar refractivity (Wildman–Crippen MR) is 46.7 cm³/mol. The Morgan fingerprint density at radius 3 is 2.92 bits per heavy atom. The van der Waals surface area contributed by atoms with Crippen LogP contribution in [0.5, 0.6) is 0 Å². The average molecular weight is 186 g/mol. The Morgan fingerprint density at radius 1 is 1.58 bits per heavy atom. The first-order valence-electron chi connectivity index (χ1n) is 4.07. The fraction of sp³-hybridized carbons (Fsp3) is 0.714. The molecule has 0 atom stereocenters. The summed E-state index contributed by atoms with van der Waals surface area (Å²) < 4.78 is 6.64. The molecule has 0 aromatic carbocycles. The molecule has 1 aliphatic heterocycles. The first-order valence-corrected chi connectivity index (χ1v) is 5.23. The Morgan fingerprint density at radius 2 is 2.33 bits per heavy atom. The van der Waals surface area contributed by atoms with Gasteiger partial charge in [-0.1, -0.05) is 0 Å². The molecule has 1 fully saturated rings. The van der Waals surface area contributed by atoms with Crippen LogP contribution >= 0.6 is 11.8 Å². The lowest BCUT2D eigenvalue weighted by Gasteiger charge is -2.12. The zero-order valence-electron chi connectivity index (χ0n) is 6.77. The van der Waals surface area contributed by atoms with Gasteiger partial charge in [0.15, 0.2) is 6.04 Å². The third kappa shape index (κ3) is 1.55. The van der Waals surface area contributed by atoms with Gasteiger partial charge in [-0.2, -0.15) is 11.8 Å². The zero-order chi connectivity index (χ0) is 8.39. The van der Waals surface area contributed by atoms with Gasteiger partial charge in [0.25, 0.3) is 12.1 Å². The summed E-state index contributed by atoms with van der Waals surface area (Å²) in [7, 11) is 0. The SMILES string of the molecule is Nc1c[n+](C2CCSCC2)no1. The van der Waals surface area contributed by atoms with Crippen molar-refractivity contribution in [2.45, 2.75) is 18.9 Å². The topological polar surface area (TPSA) is 55.9 Å². The number of aromatic nitrogens is 2.